The number of fused-ring (bicyclic) bond motifs is 2. The van der Waals surface area contributed by atoms with Gasteiger partial charge in [0.15, 0.2) is 0 Å². The Labute approximate surface area is 264 Å². The molecule has 2 aliphatic rings. The van der Waals surface area contributed by atoms with Crippen molar-refractivity contribution in [3.8, 4) is 0 Å². The number of anilines is 1. The highest BCUT2D eigenvalue weighted by atomic mass is 35.5. The Morgan fingerprint density at radius 3 is 2.66 bits per heavy atom. The van der Waals surface area contributed by atoms with Gasteiger partial charge in [-0.3, -0.25) is 14.4 Å². The highest BCUT2D eigenvalue weighted by Gasteiger charge is 2.24. The molecule has 44 heavy (non-hydrogen) atoms. The summed E-state index contributed by atoms with van der Waals surface area (Å²) in [6.07, 6.45) is 6.28. The molecular formula is C31H34Cl2N8O3. The molecule has 1 unspecified atom stereocenters. The third-order valence-electron chi connectivity index (χ3n) is 8.21. The molecule has 2 aromatic carbocycles. The largest absolute Gasteiger partial charge is 0.359 e. The number of likely N-dealkylation sites (tertiary alicyclic amines) is 2. The Morgan fingerprint density at radius 1 is 1.02 bits per heavy atom. The molecule has 3 N–H and O–H groups in total. The van der Waals surface area contributed by atoms with E-state index in [0.29, 0.717) is 70.5 Å². The lowest BCUT2D eigenvalue weighted by Gasteiger charge is -2.20. The van der Waals surface area contributed by atoms with Crippen LogP contribution in [0.3, 0.4) is 0 Å². The standard InChI is InChI=1S/C31H34Cl2N8O3/c32-19-6-7-23-26(15-19)39-30(37-23)24(8-9-27(42)34-10-4-14-40-13-3-5-28(40)43)38-29-21-16-22(33)20(17-25(21)35-18-36-29)31(44)41-11-1-2-12-41/h6-7,15-18,24H,1-5,8-14H2,(H,34,42)(H,37,39)(H,35,36,38). The van der Waals surface area contributed by atoms with Crippen molar-refractivity contribution in [1.82, 2.24) is 35.1 Å². The minimum atomic E-state index is -0.420. The van der Waals surface area contributed by atoms with Gasteiger partial charge in [-0.1, -0.05) is 23.2 Å². The van der Waals surface area contributed by atoms with Gasteiger partial charge >= 0.3 is 0 Å². The van der Waals surface area contributed by atoms with Crippen LogP contribution in [0, 0.1) is 0 Å². The highest BCUT2D eigenvalue weighted by Crippen LogP contribution is 2.32. The fraction of sp³-hybridized carbons (Fsp3) is 0.419. The van der Waals surface area contributed by atoms with Gasteiger partial charge in [0.1, 0.15) is 18.0 Å². The Hall–Kier alpha value is -3.96. The van der Waals surface area contributed by atoms with Crippen molar-refractivity contribution in [3.05, 3.63) is 58.1 Å². The van der Waals surface area contributed by atoms with Gasteiger partial charge in [0.05, 0.1) is 33.2 Å². The number of carbonyl (C=O) groups is 3. The van der Waals surface area contributed by atoms with E-state index in [1.54, 1.807) is 24.3 Å². The summed E-state index contributed by atoms with van der Waals surface area (Å²) in [5, 5.41) is 7.99. The van der Waals surface area contributed by atoms with E-state index in [1.807, 2.05) is 15.9 Å². The normalized spacial score (nSPS) is 15.8. The number of aromatic nitrogens is 4. The summed E-state index contributed by atoms with van der Waals surface area (Å²) in [5.74, 6) is 1.13. The number of hydrogen-bond acceptors (Lipinski definition) is 7. The molecule has 2 fully saturated rings. The van der Waals surface area contributed by atoms with Crippen LogP contribution in [0.25, 0.3) is 21.9 Å². The Bertz CT molecular complexity index is 1700. The molecule has 2 aliphatic heterocycles. The van der Waals surface area contributed by atoms with Crippen LogP contribution in [-0.2, 0) is 9.59 Å². The molecule has 1 atom stereocenters. The molecule has 2 saturated heterocycles. The van der Waals surface area contributed by atoms with Crippen LogP contribution in [0.2, 0.25) is 10.0 Å². The molecule has 0 radical (unpaired) electrons. The van der Waals surface area contributed by atoms with Crippen LogP contribution in [-0.4, -0.2) is 80.2 Å². The zero-order valence-corrected chi connectivity index (χ0v) is 25.8. The van der Waals surface area contributed by atoms with Crippen molar-refractivity contribution in [2.24, 2.45) is 0 Å². The Kier molecular flexibility index (Phi) is 9.13. The van der Waals surface area contributed by atoms with Crippen molar-refractivity contribution in [2.75, 3.05) is 38.0 Å². The van der Waals surface area contributed by atoms with Crippen molar-refractivity contribution in [3.63, 3.8) is 0 Å². The lowest BCUT2D eigenvalue weighted by molar-refractivity contribution is -0.127. The number of nitrogens with zero attached hydrogens (tertiary/aromatic N) is 5. The van der Waals surface area contributed by atoms with Crippen LogP contribution < -0.4 is 10.6 Å². The third-order valence-corrected chi connectivity index (χ3v) is 8.76. The van der Waals surface area contributed by atoms with E-state index in [-0.39, 0.29) is 24.1 Å². The van der Waals surface area contributed by atoms with Gasteiger partial charge in [-0.05, 0) is 62.4 Å². The minimum Gasteiger partial charge on any atom is -0.359 e. The second-order valence-corrected chi connectivity index (χ2v) is 12.1. The number of H-pyrrole nitrogens is 1. The van der Waals surface area contributed by atoms with E-state index in [4.69, 9.17) is 28.2 Å². The molecular weight excluding hydrogens is 603 g/mol. The number of halogens is 2. The van der Waals surface area contributed by atoms with Gasteiger partial charge in [-0.25, -0.2) is 15.0 Å². The van der Waals surface area contributed by atoms with Crippen molar-refractivity contribution >= 4 is 68.7 Å². The van der Waals surface area contributed by atoms with E-state index in [9.17, 15) is 14.4 Å². The van der Waals surface area contributed by atoms with Gasteiger partial charge in [0, 0.05) is 56.0 Å². The maximum atomic E-state index is 13.1. The number of carbonyl (C=O) groups excluding carboxylic acids is 3. The molecule has 3 amide bonds. The fourth-order valence-corrected chi connectivity index (χ4v) is 6.27. The quantitative estimate of drug-likeness (QED) is 0.195. The summed E-state index contributed by atoms with van der Waals surface area (Å²) < 4.78 is 0. The number of amides is 3. The first-order valence-corrected chi connectivity index (χ1v) is 15.8. The molecule has 0 saturated carbocycles. The van der Waals surface area contributed by atoms with E-state index >= 15 is 0 Å². The van der Waals surface area contributed by atoms with Crippen molar-refractivity contribution < 1.29 is 14.4 Å². The van der Waals surface area contributed by atoms with Crippen LogP contribution in [0.15, 0.2) is 36.7 Å². The molecule has 0 aliphatic carbocycles. The molecule has 0 bridgehead atoms. The van der Waals surface area contributed by atoms with Crippen LogP contribution >= 0.6 is 23.2 Å². The predicted molar refractivity (Wildman–Crippen MR) is 170 cm³/mol. The summed E-state index contributed by atoms with van der Waals surface area (Å²) in [6.45, 7) is 3.39. The van der Waals surface area contributed by atoms with Gasteiger partial charge < -0.3 is 25.4 Å². The molecule has 2 aromatic heterocycles. The van der Waals surface area contributed by atoms with Gasteiger partial charge in [-0.15, -0.1) is 0 Å². The van der Waals surface area contributed by atoms with Crippen LogP contribution in [0.5, 0.6) is 0 Å². The molecule has 0 spiro atoms. The predicted octanol–water partition coefficient (Wildman–Crippen LogP) is 5.11. The van der Waals surface area contributed by atoms with Crippen molar-refractivity contribution in [2.45, 2.75) is 51.0 Å². The smallest absolute Gasteiger partial charge is 0.255 e. The zero-order chi connectivity index (χ0) is 30.6. The zero-order valence-electron chi connectivity index (χ0n) is 24.2. The Morgan fingerprint density at radius 2 is 1.86 bits per heavy atom. The third kappa shape index (κ3) is 6.73. The Balaban J connectivity index is 1.20. The van der Waals surface area contributed by atoms with E-state index in [1.165, 1.54) is 6.33 Å². The lowest BCUT2D eigenvalue weighted by Crippen LogP contribution is -2.31. The topological polar surface area (TPSA) is 136 Å². The number of rotatable bonds is 11. The molecule has 4 heterocycles. The summed E-state index contributed by atoms with van der Waals surface area (Å²) in [5.41, 5.74) is 2.53. The molecule has 230 valence electrons. The minimum absolute atomic E-state index is 0.0932. The summed E-state index contributed by atoms with van der Waals surface area (Å²) in [6, 6.07) is 8.44. The number of benzene rings is 2. The van der Waals surface area contributed by atoms with E-state index in [2.05, 4.69) is 25.6 Å². The average molecular weight is 638 g/mol. The monoisotopic (exact) mass is 636 g/mol. The molecule has 11 nitrogen and oxygen atoms in total. The van der Waals surface area contributed by atoms with Crippen molar-refractivity contribution in [1.29, 1.82) is 0 Å². The number of imidazole rings is 1. The summed E-state index contributed by atoms with van der Waals surface area (Å²) in [4.78, 5) is 58.4. The van der Waals surface area contributed by atoms with Gasteiger partial charge in [-0.2, -0.15) is 0 Å². The summed E-state index contributed by atoms with van der Waals surface area (Å²) in [7, 11) is 0. The number of hydrogen-bond donors (Lipinski definition) is 3. The van der Waals surface area contributed by atoms with Gasteiger partial charge in [0.2, 0.25) is 11.8 Å². The number of nitrogens with one attached hydrogen (secondary N) is 3. The first-order chi connectivity index (χ1) is 21.4. The summed E-state index contributed by atoms with van der Waals surface area (Å²) >= 11 is 12.9. The maximum absolute atomic E-state index is 13.1. The first-order valence-electron chi connectivity index (χ1n) is 15.1. The fourth-order valence-electron chi connectivity index (χ4n) is 5.86. The van der Waals surface area contributed by atoms with E-state index < -0.39 is 6.04 Å². The maximum Gasteiger partial charge on any atom is 0.255 e. The van der Waals surface area contributed by atoms with Crippen LogP contribution in [0.1, 0.15) is 67.2 Å². The average Bonchev–Trinajstić information content (AvgIpc) is 3.78. The second kappa shape index (κ2) is 13.4. The van der Waals surface area contributed by atoms with Crippen LogP contribution in [0.4, 0.5) is 5.82 Å². The van der Waals surface area contributed by atoms with E-state index in [0.717, 1.165) is 49.9 Å². The molecule has 6 rings (SSSR count). The van der Waals surface area contributed by atoms with Gasteiger partial charge in [0.25, 0.3) is 5.91 Å². The molecule has 4 aromatic rings. The highest BCUT2D eigenvalue weighted by molar-refractivity contribution is 6.35. The molecule has 13 heteroatoms. The first kappa shape index (κ1) is 30.1. The lowest BCUT2D eigenvalue weighted by atomic mass is 10.1. The SMILES string of the molecule is O=C(CCC(Nc1ncnc2cc(C(=O)N3CCCC3)c(Cl)cc12)c1nc2ccc(Cl)cc2[nH]1)NCCCN1CCCC1=O. The second-order valence-electron chi connectivity index (χ2n) is 11.3. The number of aromatic amines is 1.